The maximum absolute atomic E-state index is 13.9. The predicted molar refractivity (Wildman–Crippen MR) is 85.5 cm³/mol. The molecule has 1 aromatic rings. The summed E-state index contributed by atoms with van der Waals surface area (Å²) in [5.74, 6) is -0.647. The summed E-state index contributed by atoms with van der Waals surface area (Å²) >= 11 is 5.88. The number of ether oxygens (including phenoxy) is 1. The Morgan fingerprint density at radius 1 is 1.55 bits per heavy atom. The van der Waals surface area contributed by atoms with Crippen molar-refractivity contribution in [2.24, 2.45) is 0 Å². The van der Waals surface area contributed by atoms with Gasteiger partial charge in [0.05, 0.1) is 24.1 Å². The van der Waals surface area contributed by atoms with Gasteiger partial charge in [-0.25, -0.2) is 9.37 Å². The van der Waals surface area contributed by atoms with Gasteiger partial charge in [0.15, 0.2) is 5.76 Å². The fraction of sp³-hybridized carbons (Fsp3) is 0.333. The molecule has 0 spiro atoms. The summed E-state index contributed by atoms with van der Waals surface area (Å²) in [4.78, 5) is 15.8. The second kappa shape index (κ2) is 8.38. The molecule has 1 amide bonds. The van der Waals surface area contributed by atoms with Gasteiger partial charge < -0.3 is 15.4 Å². The lowest BCUT2D eigenvalue weighted by Crippen LogP contribution is -2.20. The van der Waals surface area contributed by atoms with Gasteiger partial charge in [0.25, 0.3) is 5.91 Å². The summed E-state index contributed by atoms with van der Waals surface area (Å²) in [5.41, 5.74) is 1.10. The second-order valence-corrected chi connectivity index (χ2v) is 4.64. The lowest BCUT2D eigenvalue weighted by molar-refractivity contribution is 0.0963. The summed E-state index contributed by atoms with van der Waals surface area (Å²) < 4.78 is 19.0. The van der Waals surface area contributed by atoms with E-state index in [2.05, 4.69) is 15.6 Å². The number of amides is 1. The maximum Gasteiger partial charge on any atom is 0.254 e. The maximum atomic E-state index is 13.9. The van der Waals surface area contributed by atoms with E-state index in [1.54, 1.807) is 19.9 Å². The Morgan fingerprint density at radius 3 is 2.73 bits per heavy atom. The summed E-state index contributed by atoms with van der Waals surface area (Å²) in [6, 6.07) is 1.49. The molecule has 0 aliphatic heterocycles. The molecule has 0 aliphatic rings. The molecule has 1 rings (SSSR count). The highest BCUT2D eigenvalue weighted by Crippen LogP contribution is 2.25. The van der Waals surface area contributed by atoms with E-state index >= 15 is 0 Å². The lowest BCUT2D eigenvalue weighted by atomic mass is 10.2. The van der Waals surface area contributed by atoms with Crippen LogP contribution in [0.1, 0.15) is 30.6 Å². The molecule has 0 radical (unpaired) electrons. The molecule has 120 valence electrons. The molecular weight excluding hydrogens is 309 g/mol. The third-order valence-corrected chi connectivity index (χ3v) is 3.11. The normalized spacial score (nSPS) is 12.5. The number of aromatic nitrogens is 1. The molecule has 0 unspecified atom stereocenters. The van der Waals surface area contributed by atoms with Crippen molar-refractivity contribution in [3.63, 3.8) is 0 Å². The highest BCUT2D eigenvalue weighted by Gasteiger charge is 2.16. The number of rotatable bonds is 6. The third kappa shape index (κ3) is 4.21. The fourth-order valence-corrected chi connectivity index (χ4v) is 1.94. The zero-order chi connectivity index (χ0) is 16.7. The first-order chi connectivity index (χ1) is 10.5. The van der Waals surface area contributed by atoms with Crippen molar-refractivity contribution in [3.8, 4) is 0 Å². The minimum Gasteiger partial charge on any atom is -0.492 e. The van der Waals surface area contributed by atoms with Gasteiger partial charge in [-0.2, -0.15) is 0 Å². The van der Waals surface area contributed by atoms with Gasteiger partial charge in [0.2, 0.25) is 0 Å². The number of methoxy groups -OCH3 is 1. The van der Waals surface area contributed by atoms with Gasteiger partial charge in [-0.3, -0.25) is 4.79 Å². The van der Waals surface area contributed by atoms with E-state index in [-0.39, 0.29) is 23.2 Å². The van der Waals surface area contributed by atoms with Gasteiger partial charge in [-0.15, -0.1) is 0 Å². The van der Waals surface area contributed by atoms with E-state index < -0.39 is 5.83 Å². The molecule has 0 aromatic carbocycles. The number of anilines is 1. The van der Waals surface area contributed by atoms with Crippen LogP contribution in [-0.2, 0) is 4.74 Å². The van der Waals surface area contributed by atoms with Crippen LogP contribution in [0.3, 0.4) is 0 Å². The Morgan fingerprint density at radius 2 is 2.23 bits per heavy atom. The highest BCUT2D eigenvalue weighted by atomic mass is 35.5. The van der Waals surface area contributed by atoms with E-state index in [4.69, 9.17) is 16.3 Å². The Labute approximate surface area is 134 Å². The standard InChI is InChI=1S/C15H19ClFN3O2/c1-5-10(17)14(22-4)11(6-2)20-12-7-13(16)19-8-9(12)15(21)18-3/h6-8H,5H2,1-4H3,(H,18,21)(H,19,20)/b11-6+,14-10-. The molecule has 0 saturated heterocycles. The van der Waals surface area contributed by atoms with Gasteiger partial charge in [0, 0.05) is 19.7 Å². The van der Waals surface area contributed by atoms with Gasteiger partial charge >= 0.3 is 0 Å². The molecule has 0 saturated carbocycles. The molecule has 5 nitrogen and oxygen atoms in total. The number of hydrogen-bond donors (Lipinski definition) is 2. The van der Waals surface area contributed by atoms with Crippen molar-refractivity contribution in [1.82, 2.24) is 10.3 Å². The van der Waals surface area contributed by atoms with Crippen molar-refractivity contribution in [1.29, 1.82) is 0 Å². The number of nitrogens with one attached hydrogen (secondary N) is 2. The second-order valence-electron chi connectivity index (χ2n) is 4.25. The Balaban J connectivity index is 3.27. The number of pyridine rings is 1. The zero-order valence-electron chi connectivity index (χ0n) is 13.0. The van der Waals surface area contributed by atoms with Crippen LogP contribution in [-0.4, -0.2) is 25.0 Å². The van der Waals surface area contributed by atoms with Crippen LogP contribution >= 0.6 is 11.6 Å². The highest BCUT2D eigenvalue weighted by molar-refractivity contribution is 6.29. The lowest BCUT2D eigenvalue weighted by Gasteiger charge is -2.16. The number of halogens is 2. The Bertz CT molecular complexity index is 615. The van der Waals surface area contributed by atoms with Gasteiger partial charge in [-0.05, 0) is 13.0 Å². The van der Waals surface area contributed by atoms with Crippen molar-refractivity contribution in [2.45, 2.75) is 20.3 Å². The van der Waals surface area contributed by atoms with Crippen LogP contribution in [0.4, 0.5) is 10.1 Å². The van der Waals surface area contributed by atoms with E-state index in [1.165, 1.54) is 26.4 Å². The molecule has 1 heterocycles. The Hall–Kier alpha value is -2.08. The molecule has 0 fully saturated rings. The van der Waals surface area contributed by atoms with E-state index in [1.807, 2.05) is 0 Å². The topological polar surface area (TPSA) is 63.2 Å². The molecule has 22 heavy (non-hydrogen) atoms. The number of hydrogen-bond acceptors (Lipinski definition) is 4. The first-order valence-corrected chi connectivity index (χ1v) is 7.10. The molecule has 0 aliphatic carbocycles. The quantitative estimate of drug-likeness (QED) is 0.475. The van der Waals surface area contributed by atoms with E-state index in [0.717, 1.165) is 0 Å². The van der Waals surface area contributed by atoms with E-state index in [9.17, 15) is 9.18 Å². The van der Waals surface area contributed by atoms with Crippen molar-refractivity contribution < 1.29 is 13.9 Å². The monoisotopic (exact) mass is 327 g/mol. The van der Waals surface area contributed by atoms with Crippen LogP contribution < -0.4 is 10.6 Å². The molecule has 7 heteroatoms. The van der Waals surface area contributed by atoms with Crippen LogP contribution in [0.25, 0.3) is 0 Å². The van der Waals surface area contributed by atoms with Crippen molar-refractivity contribution in [2.75, 3.05) is 19.5 Å². The number of carbonyl (C=O) groups is 1. The number of nitrogens with zero attached hydrogens (tertiary/aromatic N) is 1. The molecule has 0 bridgehead atoms. The summed E-state index contributed by atoms with van der Waals surface area (Å²) in [7, 11) is 2.89. The largest absolute Gasteiger partial charge is 0.492 e. The fourth-order valence-electron chi connectivity index (χ4n) is 1.78. The molecule has 0 atom stereocenters. The zero-order valence-corrected chi connectivity index (χ0v) is 13.7. The SMILES string of the molecule is C/C=C(Nc1cc(Cl)ncc1C(=O)NC)\C(OC)=C(\F)CC. The average molecular weight is 328 g/mol. The number of allylic oxidation sites excluding steroid dienone is 2. The number of carbonyl (C=O) groups excluding carboxylic acids is 1. The summed E-state index contributed by atoms with van der Waals surface area (Å²) in [6.07, 6.45) is 3.20. The summed E-state index contributed by atoms with van der Waals surface area (Å²) in [6.45, 7) is 3.41. The van der Waals surface area contributed by atoms with Crippen LogP contribution in [0.15, 0.2) is 35.6 Å². The molecule has 1 aromatic heterocycles. The molecule has 2 N–H and O–H groups in total. The average Bonchev–Trinajstić information content (AvgIpc) is 2.53. The van der Waals surface area contributed by atoms with Crippen molar-refractivity contribution in [3.05, 3.63) is 46.3 Å². The third-order valence-electron chi connectivity index (χ3n) is 2.91. The first kappa shape index (κ1) is 18.0. The van der Waals surface area contributed by atoms with E-state index in [0.29, 0.717) is 16.9 Å². The van der Waals surface area contributed by atoms with Crippen LogP contribution in [0.5, 0.6) is 0 Å². The van der Waals surface area contributed by atoms with Gasteiger partial charge in [-0.1, -0.05) is 24.6 Å². The smallest absolute Gasteiger partial charge is 0.254 e. The van der Waals surface area contributed by atoms with Crippen LogP contribution in [0, 0.1) is 0 Å². The molecular formula is C15H19ClFN3O2. The summed E-state index contributed by atoms with van der Waals surface area (Å²) in [5, 5.41) is 5.70. The van der Waals surface area contributed by atoms with Crippen LogP contribution in [0.2, 0.25) is 5.15 Å². The van der Waals surface area contributed by atoms with Gasteiger partial charge in [0.1, 0.15) is 11.0 Å². The minimum atomic E-state index is -0.398. The van der Waals surface area contributed by atoms with Crippen molar-refractivity contribution >= 4 is 23.2 Å². The minimum absolute atomic E-state index is 0.0841. The Kier molecular flexibility index (Phi) is 6.85. The first-order valence-electron chi connectivity index (χ1n) is 6.72. The predicted octanol–water partition coefficient (Wildman–Crippen LogP) is 3.65.